The van der Waals surface area contributed by atoms with E-state index in [-0.39, 0.29) is 11.1 Å². The van der Waals surface area contributed by atoms with E-state index in [4.69, 9.17) is 19.2 Å². The van der Waals surface area contributed by atoms with Crippen molar-refractivity contribution in [1.82, 2.24) is 0 Å². The maximum atomic E-state index is 12.0. The zero-order valence-corrected chi connectivity index (χ0v) is 16.9. The van der Waals surface area contributed by atoms with E-state index in [9.17, 15) is 14.4 Å². The lowest BCUT2D eigenvalue weighted by Gasteiger charge is -2.26. The van der Waals surface area contributed by atoms with Crippen LogP contribution in [0, 0.1) is 0 Å². The summed E-state index contributed by atoms with van der Waals surface area (Å²) in [5.74, 6) is -4.87. The highest BCUT2D eigenvalue weighted by Crippen LogP contribution is 2.19. The van der Waals surface area contributed by atoms with Gasteiger partial charge in [0.1, 0.15) is 0 Å². The molecule has 0 fully saturated rings. The minimum Gasteiger partial charge on any atom is -0.398 e. The van der Waals surface area contributed by atoms with Crippen molar-refractivity contribution in [2.45, 2.75) is 39.3 Å². The van der Waals surface area contributed by atoms with Gasteiger partial charge in [0.15, 0.2) is 0 Å². The maximum Gasteiger partial charge on any atom is 0.513 e. The monoisotopic (exact) mass is 418 g/mol. The molecule has 2 aromatic carbocycles. The van der Waals surface area contributed by atoms with Crippen LogP contribution < -0.4 is 0 Å². The first-order chi connectivity index (χ1) is 14.1. The second kappa shape index (κ2) is 9.86. The molecule has 0 unspecified atom stereocenters. The van der Waals surface area contributed by atoms with E-state index >= 15 is 0 Å². The lowest BCUT2D eigenvalue weighted by atomic mass is 10.2. The fourth-order valence-corrected chi connectivity index (χ4v) is 1.98. The molecule has 0 aliphatic rings. The molecular weight excluding hydrogens is 396 g/mol. The van der Waals surface area contributed by atoms with E-state index in [1.54, 1.807) is 36.4 Å². The van der Waals surface area contributed by atoms with E-state index in [0.29, 0.717) is 0 Å². The average molecular weight is 418 g/mol. The summed E-state index contributed by atoms with van der Waals surface area (Å²) in [6.45, 7) is 5.32. The Morgan fingerprint density at radius 2 is 0.933 bits per heavy atom. The summed E-state index contributed by atoms with van der Waals surface area (Å²) in [5, 5.41) is 0. The number of carbonyl (C=O) groups excluding carboxylic acids is 3. The molecule has 2 rings (SSSR count). The van der Waals surface area contributed by atoms with Gasteiger partial charge in [-0.2, -0.15) is 0 Å². The molecule has 2 aromatic rings. The SMILES string of the molecule is CC(C)(OOC(=O)c1ccccc1)OC(=O)OC(C)(C)OOC(=O)c1ccccc1. The Kier molecular flexibility index (Phi) is 7.51. The zero-order chi connectivity index (χ0) is 22.2. The van der Waals surface area contributed by atoms with Gasteiger partial charge in [0.05, 0.1) is 11.1 Å². The van der Waals surface area contributed by atoms with Crippen LogP contribution in [0.3, 0.4) is 0 Å². The first-order valence-electron chi connectivity index (χ1n) is 8.90. The third-order valence-electron chi connectivity index (χ3n) is 3.31. The van der Waals surface area contributed by atoms with E-state index in [1.807, 2.05) is 0 Å². The Bertz CT molecular complexity index is 789. The van der Waals surface area contributed by atoms with Gasteiger partial charge in [-0.3, -0.25) is 9.78 Å². The molecule has 0 saturated carbocycles. The van der Waals surface area contributed by atoms with Crippen LogP contribution in [0.15, 0.2) is 60.7 Å². The van der Waals surface area contributed by atoms with E-state index in [2.05, 4.69) is 9.78 Å². The Hall–Kier alpha value is -3.43. The largest absolute Gasteiger partial charge is 0.513 e. The molecule has 0 aliphatic carbocycles. The highest BCUT2D eigenvalue weighted by Gasteiger charge is 2.34. The van der Waals surface area contributed by atoms with Gasteiger partial charge in [-0.15, -0.1) is 9.78 Å². The second-order valence-corrected chi connectivity index (χ2v) is 6.89. The molecule has 0 heterocycles. The molecule has 30 heavy (non-hydrogen) atoms. The molecule has 0 radical (unpaired) electrons. The van der Waals surface area contributed by atoms with Gasteiger partial charge in [0.2, 0.25) is 0 Å². The number of benzene rings is 2. The third-order valence-corrected chi connectivity index (χ3v) is 3.31. The maximum absolute atomic E-state index is 12.0. The fraction of sp³-hybridized carbons (Fsp3) is 0.286. The topological polar surface area (TPSA) is 107 Å². The summed E-state index contributed by atoms with van der Waals surface area (Å²) >= 11 is 0. The summed E-state index contributed by atoms with van der Waals surface area (Å²) in [6.07, 6.45) is -1.21. The summed E-state index contributed by atoms with van der Waals surface area (Å²) in [6, 6.07) is 16.2. The highest BCUT2D eigenvalue weighted by atomic mass is 17.3. The molecule has 0 spiro atoms. The Morgan fingerprint density at radius 1 is 0.600 bits per heavy atom. The molecular formula is C21H22O9. The Labute approximate surface area is 173 Å². The normalized spacial score (nSPS) is 11.3. The van der Waals surface area contributed by atoms with Gasteiger partial charge in [0.25, 0.3) is 11.6 Å². The van der Waals surface area contributed by atoms with Gasteiger partial charge in [-0.05, 0) is 24.3 Å². The van der Waals surface area contributed by atoms with Crippen molar-refractivity contribution < 1.29 is 43.4 Å². The molecule has 0 atom stereocenters. The van der Waals surface area contributed by atoms with Crippen molar-refractivity contribution in [2.24, 2.45) is 0 Å². The number of hydrogen-bond donors (Lipinski definition) is 0. The second-order valence-electron chi connectivity index (χ2n) is 6.89. The molecule has 0 bridgehead atoms. The van der Waals surface area contributed by atoms with Gasteiger partial charge in [-0.25, -0.2) is 14.4 Å². The molecule has 160 valence electrons. The van der Waals surface area contributed by atoms with E-state index < -0.39 is 29.7 Å². The van der Waals surface area contributed by atoms with Crippen molar-refractivity contribution in [3.05, 3.63) is 71.8 Å². The predicted octanol–water partition coefficient (Wildman–Crippen LogP) is 4.19. The van der Waals surface area contributed by atoms with Crippen LogP contribution in [0.4, 0.5) is 4.79 Å². The summed E-state index contributed by atoms with van der Waals surface area (Å²) in [7, 11) is 0. The minimum atomic E-state index is -1.67. The first-order valence-corrected chi connectivity index (χ1v) is 8.90. The molecule has 9 heteroatoms. The van der Waals surface area contributed by atoms with Crippen molar-refractivity contribution in [1.29, 1.82) is 0 Å². The summed E-state index contributed by atoms with van der Waals surface area (Å²) < 4.78 is 9.94. The highest BCUT2D eigenvalue weighted by molar-refractivity contribution is 5.89. The average Bonchev–Trinajstić information content (AvgIpc) is 2.70. The molecule has 0 saturated heterocycles. The van der Waals surface area contributed by atoms with Crippen molar-refractivity contribution in [3.8, 4) is 0 Å². The van der Waals surface area contributed by atoms with Crippen LogP contribution in [-0.4, -0.2) is 29.7 Å². The third kappa shape index (κ3) is 7.53. The Balaban J connectivity index is 1.80. The van der Waals surface area contributed by atoms with Crippen LogP contribution in [0.2, 0.25) is 0 Å². The number of ether oxygens (including phenoxy) is 2. The van der Waals surface area contributed by atoms with Gasteiger partial charge >= 0.3 is 18.1 Å². The Morgan fingerprint density at radius 3 is 1.27 bits per heavy atom. The van der Waals surface area contributed by atoms with Crippen molar-refractivity contribution >= 4 is 18.1 Å². The van der Waals surface area contributed by atoms with Crippen LogP contribution >= 0.6 is 0 Å². The van der Waals surface area contributed by atoms with Crippen LogP contribution in [0.1, 0.15) is 48.4 Å². The van der Waals surface area contributed by atoms with E-state index in [0.717, 1.165) is 0 Å². The molecule has 0 aromatic heterocycles. The summed E-state index contributed by atoms with van der Waals surface area (Å²) in [5.41, 5.74) is 0.510. The van der Waals surface area contributed by atoms with E-state index in [1.165, 1.54) is 52.0 Å². The van der Waals surface area contributed by atoms with Gasteiger partial charge in [-0.1, -0.05) is 36.4 Å². The standard InChI is InChI=1S/C21H22O9/c1-20(2,29-27-17(22)15-11-7-5-8-12-15)25-19(24)26-21(3,4)30-28-18(23)16-13-9-6-10-14-16/h5-14H,1-4H3. The number of carbonyl (C=O) groups is 3. The number of rotatable bonds is 8. The van der Waals surface area contributed by atoms with Crippen LogP contribution in [0.25, 0.3) is 0 Å². The van der Waals surface area contributed by atoms with Crippen LogP contribution in [0.5, 0.6) is 0 Å². The number of hydrogen-bond acceptors (Lipinski definition) is 9. The summed E-state index contributed by atoms with van der Waals surface area (Å²) in [4.78, 5) is 54.9. The fourth-order valence-electron chi connectivity index (χ4n) is 1.98. The smallest absolute Gasteiger partial charge is 0.398 e. The van der Waals surface area contributed by atoms with Gasteiger partial charge < -0.3 is 9.47 Å². The molecule has 0 aliphatic heterocycles. The lowest BCUT2D eigenvalue weighted by Crippen LogP contribution is -2.38. The van der Waals surface area contributed by atoms with Crippen molar-refractivity contribution in [2.75, 3.05) is 0 Å². The van der Waals surface area contributed by atoms with Gasteiger partial charge in [0, 0.05) is 27.7 Å². The van der Waals surface area contributed by atoms with Crippen molar-refractivity contribution in [3.63, 3.8) is 0 Å². The minimum absolute atomic E-state index is 0.255. The lowest BCUT2D eigenvalue weighted by molar-refractivity contribution is -0.391. The first kappa shape index (κ1) is 22.9. The molecule has 0 amide bonds. The van der Waals surface area contributed by atoms with Crippen LogP contribution in [-0.2, 0) is 29.0 Å². The molecule has 0 N–H and O–H groups in total. The quantitative estimate of drug-likeness (QED) is 0.270. The predicted molar refractivity (Wildman–Crippen MR) is 102 cm³/mol. The zero-order valence-electron chi connectivity index (χ0n) is 16.9. The molecule has 9 nitrogen and oxygen atoms in total.